The van der Waals surface area contributed by atoms with E-state index in [1.807, 2.05) is 0 Å². The number of aliphatic carboxylic acids is 1. The first kappa shape index (κ1) is 17.6. The van der Waals surface area contributed by atoms with Crippen molar-refractivity contribution in [3.8, 4) is 5.75 Å². The van der Waals surface area contributed by atoms with Crippen molar-refractivity contribution in [1.82, 2.24) is 5.32 Å². The Labute approximate surface area is 124 Å². The molecule has 0 spiro atoms. The molecular formula is C13H15F3N2O4. The normalized spacial score (nSPS) is 10.9. The first-order chi connectivity index (χ1) is 10.3. The van der Waals surface area contributed by atoms with Crippen LogP contribution in [-0.4, -0.2) is 36.4 Å². The highest BCUT2D eigenvalue weighted by molar-refractivity contribution is 5.89. The minimum atomic E-state index is -4.41. The molecule has 1 aromatic carbocycles. The number of hydrogen-bond donors (Lipinski definition) is 3. The minimum absolute atomic E-state index is 0.0322. The van der Waals surface area contributed by atoms with E-state index in [9.17, 15) is 22.8 Å². The molecule has 0 aliphatic rings. The second-order valence-corrected chi connectivity index (χ2v) is 4.31. The van der Waals surface area contributed by atoms with Crippen LogP contribution < -0.4 is 15.4 Å². The third kappa shape index (κ3) is 7.98. The van der Waals surface area contributed by atoms with Gasteiger partial charge >= 0.3 is 18.2 Å². The summed E-state index contributed by atoms with van der Waals surface area (Å²) in [5.74, 6) is -0.915. The van der Waals surface area contributed by atoms with Crippen LogP contribution in [0.5, 0.6) is 5.75 Å². The van der Waals surface area contributed by atoms with Gasteiger partial charge in [-0.1, -0.05) is 0 Å². The number of ether oxygens (including phenoxy) is 1. The van der Waals surface area contributed by atoms with E-state index in [4.69, 9.17) is 5.11 Å². The number of carbonyl (C=O) groups excluding carboxylic acids is 1. The Morgan fingerprint density at radius 3 is 2.36 bits per heavy atom. The summed E-state index contributed by atoms with van der Waals surface area (Å²) in [5.41, 5.74) is 0.370. The number of halogens is 3. The van der Waals surface area contributed by atoms with Gasteiger partial charge in [0.25, 0.3) is 0 Å². The smallest absolute Gasteiger partial charge is 0.422 e. The number of carboxylic acid groups (broad SMARTS) is 1. The number of hydrogen-bond acceptors (Lipinski definition) is 3. The van der Waals surface area contributed by atoms with E-state index in [0.29, 0.717) is 12.1 Å². The standard InChI is InChI=1S/C13H15F3N2O4/c14-13(15,16)8-22-10-5-3-9(4-6-10)18-12(21)17-7-1-2-11(19)20/h3-6H,1-2,7-8H2,(H,19,20)(H2,17,18,21). The van der Waals surface area contributed by atoms with Gasteiger partial charge in [-0.3, -0.25) is 4.79 Å². The minimum Gasteiger partial charge on any atom is -0.484 e. The van der Waals surface area contributed by atoms with Gasteiger partial charge in [-0.2, -0.15) is 13.2 Å². The summed E-state index contributed by atoms with van der Waals surface area (Å²) >= 11 is 0. The molecule has 6 nitrogen and oxygen atoms in total. The lowest BCUT2D eigenvalue weighted by atomic mass is 10.3. The molecule has 3 N–H and O–H groups in total. The summed E-state index contributed by atoms with van der Waals surface area (Å²) in [7, 11) is 0. The maximum absolute atomic E-state index is 12.0. The second-order valence-electron chi connectivity index (χ2n) is 4.31. The predicted molar refractivity (Wildman–Crippen MR) is 71.9 cm³/mol. The van der Waals surface area contributed by atoms with Crippen molar-refractivity contribution in [2.75, 3.05) is 18.5 Å². The van der Waals surface area contributed by atoms with Gasteiger partial charge in [-0.25, -0.2) is 4.79 Å². The topological polar surface area (TPSA) is 87.7 Å². The van der Waals surface area contributed by atoms with E-state index in [-0.39, 0.29) is 18.7 Å². The predicted octanol–water partition coefficient (Wildman–Crippen LogP) is 2.61. The third-order valence-electron chi connectivity index (χ3n) is 2.37. The number of nitrogens with one attached hydrogen (secondary N) is 2. The fourth-order valence-electron chi connectivity index (χ4n) is 1.42. The molecule has 0 radical (unpaired) electrons. The van der Waals surface area contributed by atoms with Crippen LogP contribution in [0.25, 0.3) is 0 Å². The van der Waals surface area contributed by atoms with Crippen LogP contribution >= 0.6 is 0 Å². The van der Waals surface area contributed by atoms with Gasteiger partial charge in [-0.15, -0.1) is 0 Å². The van der Waals surface area contributed by atoms with E-state index in [1.54, 1.807) is 0 Å². The number of rotatable bonds is 7. The number of carbonyl (C=O) groups is 2. The SMILES string of the molecule is O=C(O)CCCNC(=O)Nc1ccc(OCC(F)(F)F)cc1. The zero-order chi connectivity index (χ0) is 16.6. The molecule has 0 aromatic heterocycles. The molecule has 0 saturated carbocycles. The van der Waals surface area contributed by atoms with Crippen LogP contribution in [0.3, 0.4) is 0 Å². The van der Waals surface area contributed by atoms with Gasteiger partial charge in [0, 0.05) is 18.7 Å². The zero-order valence-electron chi connectivity index (χ0n) is 11.4. The number of carboxylic acids is 1. The molecule has 0 aliphatic heterocycles. The summed E-state index contributed by atoms with van der Waals surface area (Å²) in [6.45, 7) is -1.19. The average molecular weight is 320 g/mol. The largest absolute Gasteiger partial charge is 0.484 e. The number of alkyl halides is 3. The lowest BCUT2D eigenvalue weighted by Gasteiger charge is -2.10. The van der Waals surface area contributed by atoms with Crippen molar-refractivity contribution in [3.63, 3.8) is 0 Å². The first-order valence-electron chi connectivity index (χ1n) is 6.32. The van der Waals surface area contributed by atoms with Crippen LogP contribution in [0, 0.1) is 0 Å². The van der Waals surface area contributed by atoms with Crippen LogP contribution in [0.15, 0.2) is 24.3 Å². The molecule has 9 heteroatoms. The maximum Gasteiger partial charge on any atom is 0.422 e. The van der Waals surface area contributed by atoms with Crippen LogP contribution in [0.1, 0.15) is 12.8 Å². The molecule has 2 amide bonds. The molecule has 22 heavy (non-hydrogen) atoms. The van der Waals surface area contributed by atoms with E-state index in [1.165, 1.54) is 24.3 Å². The molecule has 1 aromatic rings. The Kier molecular flexibility index (Phi) is 6.48. The van der Waals surface area contributed by atoms with Crippen molar-refractivity contribution in [2.45, 2.75) is 19.0 Å². The summed E-state index contributed by atoms with van der Waals surface area (Å²) in [4.78, 5) is 21.7. The van der Waals surface area contributed by atoms with Crippen LogP contribution in [0.4, 0.5) is 23.7 Å². The van der Waals surface area contributed by atoms with E-state index < -0.39 is 24.8 Å². The van der Waals surface area contributed by atoms with Gasteiger partial charge in [0.15, 0.2) is 6.61 Å². The number of amides is 2. The van der Waals surface area contributed by atoms with E-state index >= 15 is 0 Å². The van der Waals surface area contributed by atoms with E-state index in [2.05, 4.69) is 15.4 Å². The molecule has 0 fully saturated rings. The van der Waals surface area contributed by atoms with Gasteiger partial charge in [0.1, 0.15) is 5.75 Å². The number of urea groups is 1. The molecule has 0 bridgehead atoms. The summed E-state index contributed by atoms with van der Waals surface area (Å²) in [5, 5.41) is 13.3. The van der Waals surface area contributed by atoms with Crippen molar-refractivity contribution >= 4 is 17.7 Å². The highest BCUT2D eigenvalue weighted by Crippen LogP contribution is 2.20. The molecule has 0 heterocycles. The molecule has 0 aliphatic carbocycles. The Hall–Kier alpha value is -2.45. The van der Waals surface area contributed by atoms with Gasteiger partial charge in [0.05, 0.1) is 0 Å². The Morgan fingerprint density at radius 2 is 1.82 bits per heavy atom. The molecule has 0 unspecified atom stereocenters. The first-order valence-corrected chi connectivity index (χ1v) is 6.32. The highest BCUT2D eigenvalue weighted by Gasteiger charge is 2.28. The Balaban J connectivity index is 2.34. The van der Waals surface area contributed by atoms with Gasteiger partial charge < -0.3 is 20.5 Å². The Morgan fingerprint density at radius 1 is 1.18 bits per heavy atom. The van der Waals surface area contributed by atoms with Crippen LogP contribution in [-0.2, 0) is 4.79 Å². The molecule has 1 rings (SSSR count). The highest BCUT2D eigenvalue weighted by atomic mass is 19.4. The third-order valence-corrected chi connectivity index (χ3v) is 2.37. The monoisotopic (exact) mass is 320 g/mol. The van der Waals surface area contributed by atoms with Crippen molar-refractivity contribution < 1.29 is 32.6 Å². The zero-order valence-corrected chi connectivity index (χ0v) is 11.4. The molecule has 122 valence electrons. The Bertz CT molecular complexity index is 503. The average Bonchev–Trinajstić information content (AvgIpc) is 2.42. The van der Waals surface area contributed by atoms with Gasteiger partial charge in [-0.05, 0) is 30.7 Å². The maximum atomic E-state index is 12.0. The van der Waals surface area contributed by atoms with Gasteiger partial charge in [0.2, 0.25) is 0 Å². The van der Waals surface area contributed by atoms with Crippen molar-refractivity contribution in [1.29, 1.82) is 0 Å². The summed E-state index contributed by atoms with van der Waals surface area (Å²) in [6, 6.07) is 4.84. The number of benzene rings is 1. The lowest BCUT2D eigenvalue weighted by molar-refractivity contribution is -0.153. The van der Waals surface area contributed by atoms with Crippen LogP contribution in [0.2, 0.25) is 0 Å². The van der Waals surface area contributed by atoms with Crippen molar-refractivity contribution in [3.05, 3.63) is 24.3 Å². The molecule has 0 atom stereocenters. The molecule has 0 saturated heterocycles. The fourth-order valence-corrected chi connectivity index (χ4v) is 1.42. The number of anilines is 1. The second kappa shape index (κ2) is 8.11. The lowest BCUT2D eigenvalue weighted by Crippen LogP contribution is -2.29. The quantitative estimate of drug-likeness (QED) is 0.674. The molecular weight excluding hydrogens is 305 g/mol. The van der Waals surface area contributed by atoms with Crippen molar-refractivity contribution in [2.24, 2.45) is 0 Å². The summed E-state index contributed by atoms with van der Waals surface area (Å²) in [6.07, 6.45) is -4.16. The van der Waals surface area contributed by atoms with E-state index in [0.717, 1.165) is 0 Å². The fraction of sp³-hybridized carbons (Fsp3) is 0.385. The summed E-state index contributed by atoms with van der Waals surface area (Å²) < 4.78 is 40.4.